The number of aromatic nitrogens is 2. The van der Waals surface area contributed by atoms with Crippen LogP contribution in [0.25, 0.3) is 0 Å². The average Bonchev–Trinajstić information content (AvgIpc) is 3.24. The summed E-state index contributed by atoms with van der Waals surface area (Å²) in [7, 11) is 1.55. The second-order valence-electron chi connectivity index (χ2n) is 7.82. The summed E-state index contributed by atoms with van der Waals surface area (Å²) in [5.74, 6) is 1.67. The van der Waals surface area contributed by atoms with Crippen molar-refractivity contribution in [2.24, 2.45) is 17.8 Å². The van der Waals surface area contributed by atoms with Gasteiger partial charge in [-0.15, -0.1) is 0 Å². The Kier molecular flexibility index (Phi) is 6.04. The highest BCUT2D eigenvalue weighted by atomic mass is 16.5. The molecule has 2 saturated carbocycles. The van der Waals surface area contributed by atoms with Crippen molar-refractivity contribution in [3.63, 3.8) is 0 Å². The lowest BCUT2D eigenvalue weighted by molar-refractivity contribution is -0.120. The molecule has 0 saturated heterocycles. The molecule has 2 fully saturated rings. The van der Waals surface area contributed by atoms with Gasteiger partial charge in [0.05, 0.1) is 6.61 Å². The van der Waals surface area contributed by atoms with Crippen LogP contribution in [-0.2, 0) is 16.1 Å². The molecule has 1 amide bonds. The van der Waals surface area contributed by atoms with E-state index in [1.54, 1.807) is 7.11 Å². The molecule has 3 unspecified atom stereocenters. The van der Waals surface area contributed by atoms with E-state index in [9.17, 15) is 14.4 Å². The number of rotatable bonds is 8. The lowest BCUT2D eigenvalue weighted by Crippen LogP contribution is -2.43. The third-order valence-electron chi connectivity index (χ3n) is 6.07. The van der Waals surface area contributed by atoms with Crippen molar-refractivity contribution in [2.75, 3.05) is 30.9 Å². The summed E-state index contributed by atoms with van der Waals surface area (Å²) in [6.07, 6.45) is 5.89. The fourth-order valence-corrected chi connectivity index (χ4v) is 4.79. The zero-order chi connectivity index (χ0) is 19.6. The number of fused-ring (bicyclic) bond motifs is 2. The van der Waals surface area contributed by atoms with Gasteiger partial charge in [0.1, 0.15) is 5.82 Å². The molecule has 1 heterocycles. The molecule has 0 radical (unpaired) electrons. The number of methoxy groups -OCH3 is 1. The standard InChI is InChI=1S/C19H30N4O4/c1-3-6-23-17(20)16(18(25)21-19(23)26)22(7-8-27-2)15(24)11-14-10-12-4-5-13(14)9-12/h12-14H,3-11,20H2,1-2H3,(H,21,25,26). The minimum atomic E-state index is -0.623. The molecule has 0 spiro atoms. The number of hydrogen-bond acceptors (Lipinski definition) is 5. The van der Waals surface area contributed by atoms with Gasteiger partial charge in [0.2, 0.25) is 5.91 Å². The fourth-order valence-electron chi connectivity index (χ4n) is 4.79. The Hall–Kier alpha value is -2.09. The van der Waals surface area contributed by atoms with Crippen molar-refractivity contribution in [2.45, 2.75) is 52.0 Å². The van der Waals surface area contributed by atoms with Crippen molar-refractivity contribution in [3.05, 3.63) is 20.8 Å². The maximum absolute atomic E-state index is 13.1. The topological polar surface area (TPSA) is 110 Å². The summed E-state index contributed by atoms with van der Waals surface area (Å²) in [5, 5.41) is 0. The molecule has 2 aliphatic rings. The largest absolute Gasteiger partial charge is 0.383 e. The molecule has 1 aromatic rings. The first-order valence-corrected chi connectivity index (χ1v) is 9.88. The third-order valence-corrected chi connectivity index (χ3v) is 6.07. The van der Waals surface area contributed by atoms with Crippen LogP contribution in [0.1, 0.15) is 45.4 Å². The molecular formula is C19H30N4O4. The molecule has 8 nitrogen and oxygen atoms in total. The summed E-state index contributed by atoms with van der Waals surface area (Å²) in [4.78, 5) is 41.4. The number of anilines is 2. The summed E-state index contributed by atoms with van der Waals surface area (Å²) in [5.41, 5.74) is 5.05. The van der Waals surface area contributed by atoms with Gasteiger partial charge in [-0.1, -0.05) is 13.3 Å². The molecule has 2 aliphatic carbocycles. The van der Waals surface area contributed by atoms with Crippen molar-refractivity contribution < 1.29 is 9.53 Å². The molecule has 3 atom stereocenters. The highest BCUT2D eigenvalue weighted by Gasteiger charge is 2.41. The zero-order valence-corrected chi connectivity index (χ0v) is 16.2. The van der Waals surface area contributed by atoms with Gasteiger partial charge in [-0.25, -0.2) is 4.79 Å². The second kappa shape index (κ2) is 8.29. The summed E-state index contributed by atoms with van der Waals surface area (Å²) in [6.45, 7) is 2.81. The second-order valence-corrected chi connectivity index (χ2v) is 7.82. The van der Waals surface area contributed by atoms with Gasteiger partial charge in [0, 0.05) is 26.6 Å². The number of nitrogens with two attached hydrogens (primary N) is 1. The number of ether oxygens (including phenoxy) is 1. The highest BCUT2D eigenvalue weighted by molar-refractivity contribution is 5.95. The molecular weight excluding hydrogens is 348 g/mol. The first-order chi connectivity index (χ1) is 13.0. The van der Waals surface area contributed by atoms with E-state index in [0.717, 1.165) is 12.3 Å². The molecule has 3 N–H and O–H groups in total. The SMILES string of the molecule is CCCn1c(N)c(N(CCOC)C(=O)CC2CC3CCC2C3)c(=O)[nH]c1=O. The summed E-state index contributed by atoms with van der Waals surface area (Å²) < 4.78 is 6.45. The molecule has 0 aromatic carbocycles. The van der Waals surface area contributed by atoms with E-state index in [4.69, 9.17) is 10.5 Å². The fraction of sp³-hybridized carbons (Fsp3) is 0.737. The van der Waals surface area contributed by atoms with E-state index < -0.39 is 11.2 Å². The van der Waals surface area contributed by atoms with E-state index in [0.29, 0.717) is 31.2 Å². The van der Waals surface area contributed by atoms with Gasteiger partial charge in [-0.3, -0.25) is 19.1 Å². The Labute approximate surface area is 158 Å². The maximum atomic E-state index is 13.1. The molecule has 2 bridgehead atoms. The van der Waals surface area contributed by atoms with Gasteiger partial charge in [-0.05, 0) is 43.4 Å². The van der Waals surface area contributed by atoms with Crippen molar-refractivity contribution in [1.82, 2.24) is 9.55 Å². The van der Waals surface area contributed by atoms with Crippen molar-refractivity contribution in [3.8, 4) is 0 Å². The van der Waals surface area contributed by atoms with Gasteiger partial charge in [-0.2, -0.15) is 0 Å². The van der Waals surface area contributed by atoms with E-state index in [1.807, 2.05) is 6.92 Å². The molecule has 27 heavy (non-hydrogen) atoms. The lowest BCUT2D eigenvalue weighted by atomic mass is 9.86. The monoisotopic (exact) mass is 378 g/mol. The van der Waals surface area contributed by atoms with Crippen LogP contribution in [0.3, 0.4) is 0 Å². The molecule has 1 aromatic heterocycles. The Morgan fingerprint density at radius 1 is 1.33 bits per heavy atom. The number of H-pyrrole nitrogens is 1. The van der Waals surface area contributed by atoms with Gasteiger partial charge in [0.15, 0.2) is 5.69 Å². The van der Waals surface area contributed by atoms with Gasteiger partial charge < -0.3 is 15.4 Å². The molecule has 8 heteroatoms. The van der Waals surface area contributed by atoms with E-state index in [2.05, 4.69) is 4.98 Å². The van der Waals surface area contributed by atoms with Crippen LogP contribution in [0.4, 0.5) is 11.5 Å². The number of nitrogens with one attached hydrogen (secondary N) is 1. The Bertz CT molecular complexity index is 800. The Morgan fingerprint density at radius 3 is 2.70 bits per heavy atom. The van der Waals surface area contributed by atoms with Crippen LogP contribution < -0.4 is 21.9 Å². The van der Waals surface area contributed by atoms with Crippen LogP contribution in [0.5, 0.6) is 0 Å². The number of nitrogens with zero attached hydrogens (tertiary/aromatic N) is 2. The number of aromatic amines is 1. The maximum Gasteiger partial charge on any atom is 0.330 e. The van der Waals surface area contributed by atoms with Crippen LogP contribution in [-0.4, -0.2) is 35.7 Å². The first-order valence-electron chi connectivity index (χ1n) is 9.88. The predicted molar refractivity (Wildman–Crippen MR) is 104 cm³/mol. The smallest absolute Gasteiger partial charge is 0.330 e. The number of nitrogen functional groups attached to an aromatic ring is 1. The normalized spacial score (nSPS) is 23.7. The van der Waals surface area contributed by atoms with E-state index >= 15 is 0 Å². The van der Waals surface area contributed by atoms with Gasteiger partial charge >= 0.3 is 5.69 Å². The quantitative estimate of drug-likeness (QED) is 0.709. The first kappa shape index (κ1) is 19.7. The van der Waals surface area contributed by atoms with Crippen molar-refractivity contribution in [1.29, 1.82) is 0 Å². The van der Waals surface area contributed by atoms with Crippen LogP contribution in [0.2, 0.25) is 0 Å². The third kappa shape index (κ3) is 3.95. The number of amides is 1. The van der Waals surface area contributed by atoms with E-state index in [1.165, 1.54) is 28.7 Å². The number of hydrogen-bond donors (Lipinski definition) is 2. The average molecular weight is 378 g/mol. The Morgan fingerprint density at radius 2 is 2.11 bits per heavy atom. The Balaban J connectivity index is 1.90. The van der Waals surface area contributed by atoms with Gasteiger partial charge in [0.25, 0.3) is 5.56 Å². The van der Waals surface area contributed by atoms with Crippen LogP contribution >= 0.6 is 0 Å². The minimum Gasteiger partial charge on any atom is -0.383 e. The van der Waals surface area contributed by atoms with Crippen LogP contribution in [0, 0.1) is 17.8 Å². The lowest BCUT2D eigenvalue weighted by Gasteiger charge is -2.27. The summed E-state index contributed by atoms with van der Waals surface area (Å²) in [6, 6.07) is 0. The minimum absolute atomic E-state index is 0.0444. The molecule has 3 rings (SSSR count). The molecule has 0 aliphatic heterocycles. The zero-order valence-electron chi connectivity index (χ0n) is 16.2. The summed E-state index contributed by atoms with van der Waals surface area (Å²) >= 11 is 0. The van der Waals surface area contributed by atoms with Crippen molar-refractivity contribution >= 4 is 17.4 Å². The number of carbonyl (C=O) groups is 1. The predicted octanol–water partition coefficient (Wildman–Crippen LogP) is 1.33. The highest BCUT2D eigenvalue weighted by Crippen LogP contribution is 2.49. The molecule has 150 valence electrons. The van der Waals surface area contributed by atoms with Crippen LogP contribution in [0.15, 0.2) is 9.59 Å². The van der Waals surface area contributed by atoms with E-state index in [-0.39, 0.29) is 30.6 Å². The number of carbonyl (C=O) groups excluding carboxylic acids is 1.